The molecule has 0 saturated carbocycles. The van der Waals surface area contributed by atoms with Gasteiger partial charge in [0.15, 0.2) is 11.9 Å². The molecule has 1 N–H and O–H groups in total. The Bertz CT molecular complexity index is 973. The van der Waals surface area contributed by atoms with Crippen LogP contribution in [-0.2, 0) is 0 Å². The normalized spacial score (nSPS) is 14.9. The van der Waals surface area contributed by atoms with Gasteiger partial charge in [0.1, 0.15) is 0 Å². The molecule has 29 heavy (non-hydrogen) atoms. The van der Waals surface area contributed by atoms with Crippen LogP contribution in [0.25, 0.3) is 11.3 Å². The lowest BCUT2D eigenvalue weighted by molar-refractivity contribution is 0.225. The third-order valence-corrected chi connectivity index (χ3v) is 6.02. The summed E-state index contributed by atoms with van der Waals surface area (Å²) < 4.78 is 7.22. The Labute approximate surface area is 183 Å². The van der Waals surface area contributed by atoms with Gasteiger partial charge >= 0.3 is 0 Å². The first-order valence-electron chi connectivity index (χ1n) is 9.75. The average Bonchev–Trinajstić information content (AvgIpc) is 2.90. The van der Waals surface area contributed by atoms with Crippen LogP contribution in [0.4, 0.5) is 5.69 Å². The fourth-order valence-corrected chi connectivity index (χ4v) is 4.24. The zero-order valence-corrected chi connectivity index (χ0v) is 18.5. The molecule has 8 heteroatoms. The van der Waals surface area contributed by atoms with Crippen LogP contribution in [0.3, 0.4) is 0 Å². The molecular formula is C21H22BrN5OS. The van der Waals surface area contributed by atoms with Crippen molar-refractivity contribution in [2.24, 2.45) is 0 Å². The predicted octanol–water partition coefficient (Wildman–Crippen LogP) is 5.87. The Hall–Kier alpha value is -2.19. The minimum Gasteiger partial charge on any atom is -0.448 e. The van der Waals surface area contributed by atoms with Gasteiger partial charge in [0.2, 0.25) is 11.0 Å². The van der Waals surface area contributed by atoms with Crippen LogP contribution in [0.5, 0.6) is 5.88 Å². The maximum Gasteiger partial charge on any atom is 0.247 e. The summed E-state index contributed by atoms with van der Waals surface area (Å²) in [5.41, 5.74) is 3.37. The number of nitrogens with zero attached hydrogens (tertiary/aromatic N) is 4. The third kappa shape index (κ3) is 4.87. The molecule has 2 aromatic heterocycles. The van der Waals surface area contributed by atoms with Crippen molar-refractivity contribution >= 4 is 33.4 Å². The fraction of sp³-hybridized carbons (Fsp3) is 0.333. The number of nitrogens with one attached hydrogen (secondary N) is 1. The van der Waals surface area contributed by atoms with E-state index in [0.29, 0.717) is 16.7 Å². The maximum absolute atomic E-state index is 6.26. The lowest BCUT2D eigenvalue weighted by Gasteiger charge is -2.18. The summed E-state index contributed by atoms with van der Waals surface area (Å²) in [5.74, 6) is 1.46. The van der Waals surface area contributed by atoms with Crippen LogP contribution in [-0.4, -0.2) is 25.9 Å². The number of anilines is 1. The van der Waals surface area contributed by atoms with Crippen molar-refractivity contribution in [3.8, 4) is 17.1 Å². The summed E-state index contributed by atoms with van der Waals surface area (Å²) in [6.07, 6.45) is 7.99. The van der Waals surface area contributed by atoms with Crippen LogP contribution >= 0.6 is 27.7 Å². The van der Waals surface area contributed by atoms with Gasteiger partial charge in [0, 0.05) is 39.4 Å². The van der Waals surface area contributed by atoms with Crippen molar-refractivity contribution in [1.82, 2.24) is 20.2 Å². The monoisotopic (exact) mass is 471 g/mol. The number of unbranched alkanes of at least 4 members (excludes halogenated alkanes) is 3. The first-order chi connectivity index (χ1) is 14.2. The van der Waals surface area contributed by atoms with E-state index >= 15 is 0 Å². The van der Waals surface area contributed by atoms with E-state index in [1.807, 2.05) is 30.3 Å². The zero-order valence-electron chi connectivity index (χ0n) is 16.1. The summed E-state index contributed by atoms with van der Waals surface area (Å²) in [4.78, 5) is 8.91. The number of rotatable bonds is 7. The van der Waals surface area contributed by atoms with Crippen molar-refractivity contribution in [3.05, 3.63) is 52.8 Å². The topological polar surface area (TPSA) is 72.8 Å². The van der Waals surface area contributed by atoms with E-state index in [2.05, 4.69) is 48.3 Å². The Morgan fingerprint density at radius 1 is 1.17 bits per heavy atom. The van der Waals surface area contributed by atoms with Crippen molar-refractivity contribution in [3.63, 3.8) is 0 Å². The predicted molar refractivity (Wildman–Crippen MR) is 119 cm³/mol. The summed E-state index contributed by atoms with van der Waals surface area (Å²) in [5, 5.41) is 12.9. The zero-order chi connectivity index (χ0) is 20.1. The molecule has 1 aliphatic heterocycles. The van der Waals surface area contributed by atoms with Gasteiger partial charge in [-0.1, -0.05) is 59.9 Å². The Morgan fingerprint density at radius 2 is 2.10 bits per heavy atom. The molecule has 1 unspecified atom stereocenters. The minimum atomic E-state index is -0.413. The van der Waals surface area contributed by atoms with Crippen LogP contribution in [0, 0.1) is 0 Å². The van der Waals surface area contributed by atoms with Gasteiger partial charge in [-0.2, -0.15) is 4.98 Å². The van der Waals surface area contributed by atoms with Crippen molar-refractivity contribution in [2.45, 2.75) is 44.0 Å². The van der Waals surface area contributed by atoms with E-state index in [4.69, 9.17) is 4.74 Å². The summed E-state index contributed by atoms with van der Waals surface area (Å²) in [6, 6.07) is 9.86. The first-order valence-corrected chi connectivity index (χ1v) is 11.5. The maximum atomic E-state index is 6.26. The van der Waals surface area contributed by atoms with Gasteiger partial charge in [-0.15, -0.1) is 10.2 Å². The van der Waals surface area contributed by atoms with Crippen LogP contribution < -0.4 is 10.1 Å². The molecular weight excluding hydrogens is 450 g/mol. The van der Waals surface area contributed by atoms with Gasteiger partial charge in [-0.25, -0.2) is 0 Å². The van der Waals surface area contributed by atoms with Gasteiger partial charge in [-0.3, -0.25) is 4.98 Å². The second kappa shape index (κ2) is 9.54. The highest BCUT2D eigenvalue weighted by molar-refractivity contribution is 9.10. The smallest absolute Gasteiger partial charge is 0.247 e. The van der Waals surface area contributed by atoms with Gasteiger partial charge < -0.3 is 10.1 Å². The molecule has 150 valence electrons. The largest absolute Gasteiger partial charge is 0.448 e. The van der Waals surface area contributed by atoms with E-state index in [1.165, 1.54) is 19.3 Å². The van der Waals surface area contributed by atoms with E-state index in [0.717, 1.165) is 33.5 Å². The number of ether oxygens (including phenoxy) is 1. The lowest BCUT2D eigenvalue weighted by Crippen LogP contribution is -2.17. The number of aromatic nitrogens is 4. The standard InChI is InChI=1S/C21H22BrN5OS/c1-2-3-4-5-11-29-21-25-20-18(26-27-21)16-12-15(22)8-9-17(16)24-19(28-20)14-7-6-10-23-13-14/h6-10,12-13,19,24H,2-5,11H2,1H3. The molecule has 0 bridgehead atoms. The molecule has 1 aliphatic rings. The van der Waals surface area contributed by atoms with Gasteiger partial charge in [0.25, 0.3) is 0 Å². The first kappa shape index (κ1) is 20.1. The highest BCUT2D eigenvalue weighted by atomic mass is 79.9. The summed E-state index contributed by atoms with van der Waals surface area (Å²) >= 11 is 5.17. The number of hydrogen-bond acceptors (Lipinski definition) is 7. The Kier molecular flexibility index (Phi) is 6.61. The van der Waals surface area contributed by atoms with E-state index in [9.17, 15) is 0 Å². The Morgan fingerprint density at radius 3 is 2.93 bits per heavy atom. The number of benzene rings is 1. The second-order valence-electron chi connectivity index (χ2n) is 6.78. The number of pyridine rings is 1. The SMILES string of the molecule is CCCCCCSc1nnc2c(n1)OC(c1cccnc1)Nc1ccc(Br)cc1-2. The molecule has 0 spiro atoms. The highest BCUT2D eigenvalue weighted by Gasteiger charge is 2.26. The third-order valence-electron chi connectivity index (χ3n) is 4.60. The molecule has 0 fully saturated rings. The van der Waals surface area contributed by atoms with E-state index < -0.39 is 6.23 Å². The minimum absolute atomic E-state index is 0.413. The van der Waals surface area contributed by atoms with Crippen LogP contribution in [0.15, 0.2) is 52.4 Å². The lowest BCUT2D eigenvalue weighted by atomic mass is 10.1. The molecule has 1 aromatic carbocycles. The van der Waals surface area contributed by atoms with E-state index in [-0.39, 0.29) is 0 Å². The molecule has 6 nitrogen and oxygen atoms in total. The quantitative estimate of drug-likeness (QED) is 0.341. The van der Waals surface area contributed by atoms with Gasteiger partial charge in [-0.05, 0) is 30.7 Å². The number of fused-ring (bicyclic) bond motifs is 3. The number of halogens is 1. The molecule has 1 atom stereocenters. The Balaban J connectivity index is 1.65. The van der Waals surface area contributed by atoms with Crippen LogP contribution in [0.2, 0.25) is 0 Å². The van der Waals surface area contributed by atoms with Gasteiger partial charge in [0.05, 0.1) is 0 Å². The average molecular weight is 472 g/mol. The molecule has 4 rings (SSSR count). The number of hydrogen-bond donors (Lipinski definition) is 1. The molecule has 0 radical (unpaired) electrons. The van der Waals surface area contributed by atoms with Crippen LogP contribution in [0.1, 0.15) is 44.4 Å². The van der Waals surface area contributed by atoms with Crippen molar-refractivity contribution in [2.75, 3.05) is 11.1 Å². The summed E-state index contributed by atoms with van der Waals surface area (Å²) in [7, 11) is 0. The molecule has 0 aliphatic carbocycles. The molecule has 3 aromatic rings. The number of thioether (sulfide) groups is 1. The molecule has 0 saturated heterocycles. The van der Waals surface area contributed by atoms with E-state index in [1.54, 1.807) is 24.2 Å². The highest BCUT2D eigenvalue weighted by Crippen LogP contribution is 2.40. The molecule has 0 amide bonds. The summed E-state index contributed by atoms with van der Waals surface area (Å²) in [6.45, 7) is 2.22. The molecule has 3 heterocycles. The van der Waals surface area contributed by atoms with Crippen molar-refractivity contribution in [1.29, 1.82) is 0 Å². The second-order valence-corrected chi connectivity index (χ2v) is 8.75. The fourth-order valence-electron chi connectivity index (χ4n) is 3.11. The van der Waals surface area contributed by atoms with Crippen molar-refractivity contribution < 1.29 is 4.74 Å².